The Bertz CT molecular complexity index is 377. The van der Waals surface area contributed by atoms with Gasteiger partial charge in [-0.15, -0.1) is 0 Å². The van der Waals surface area contributed by atoms with E-state index in [4.69, 9.17) is 4.74 Å². The number of nitrogens with one attached hydrogen (secondary N) is 1. The Hall–Kier alpha value is -1.06. The van der Waals surface area contributed by atoms with Crippen molar-refractivity contribution in [2.24, 2.45) is 0 Å². The van der Waals surface area contributed by atoms with E-state index in [1.807, 2.05) is 7.05 Å². The highest BCUT2D eigenvalue weighted by atomic mass is 16.5. The van der Waals surface area contributed by atoms with Crippen LogP contribution < -0.4 is 10.2 Å². The first kappa shape index (κ1) is 13.4. The normalized spacial score (nSPS) is 25.1. The van der Waals surface area contributed by atoms with Crippen LogP contribution in [0.4, 0.5) is 5.69 Å². The second-order valence-corrected chi connectivity index (χ2v) is 5.14. The summed E-state index contributed by atoms with van der Waals surface area (Å²) in [5.41, 5.74) is 2.59. The predicted molar refractivity (Wildman–Crippen MR) is 76.1 cm³/mol. The fourth-order valence-corrected chi connectivity index (χ4v) is 2.59. The molecule has 0 spiro atoms. The minimum Gasteiger partial charge on any atom is -0.376 e. The summed E-state index contributed by atoms with van der Waals surface area (Å²) in [6, 6.07) is 9.71. The summed E-state index contributed by atoms with van der Waals surface area (Å²) in [7, 11) is 4.15. The number of rotatable bonds is 4. The van der Waals surface area contributed by atoms with Gasteiger partial charge in [-0.05, 0) is 45.0 Å². The summed E-state index contributed by atoms with van der Waals surface area (Å²) in [5.74, 6) is 0. The second-order valence-electron chi connectivity index (χ2n) is 5.14. The van der Waals surface area contributed by atoms with Gasteiger partial charge < -0.3 is 15.0 Å². The van der Waals surface area contributed by atoms with Crippen molar-refractivity contribution in [3.63, 3.8) is 0 Å². The van der Waals surface area contributed by atoms with Crippen molar-refractivity contribution >= 4 is 5.69 Å². The second kappa shape index (κ2) is 5.72. The smallest absolute Gasteiger partial charge is 0.0750 e. The maximum absolute atomic E-state index is 5.64. The first-order chi connectivity index (χ1) is 8.63. The SMILES string of the molecule is CNC(C)c1ccc(N(C)C2CCOC2C)cc1. The van der Waals surface area contributed by atoms with E-state index in [0.29, 0.717) is 18.2 Å². The Kier molecular flexibility index (Phi) is 4.25. The van der Waals surface area contributed by atoms with Gasteiger partial charge in [0.1, 0.15) is 0 Å². The third-order valence-electron chi connectivity index (χ3n) is 4.07. The highest BCUT2D eigenvalue weighted by Gasteiger charge is 2.27. The number of ether oxygens (including phenoxy) is 1. The number of hydrogen-bond donors (Lipinski definition) is 1. The lowest BCUT2D eigenvalue weighted by molar-refractivity contribution is 0.118. The van der Waals surface area contributed by atoms with E-state index in [0.717, 1.165) is 13.0 Å². The zero-order valence-electron chi connectivity index (χ0n) is 11.8. The minimum atomic E-state index is 0.325. The van der Waals surface area contributed by atoms with E-state index in [2.05, 4.69) is 55.4 Å². The fourth-order valence-electron chi connectivity index (χ4n) is 2.59. The van der Waals surface area contributed by atoms with Crippen molar-refractivity contribution in [3.8, 4) is 0 Å². The molecule has 100 valence electrons. The highest BCUT2D eigenvalue weighted by Crippen LogP contribution is 2.25. The van der Waals surface area contributed by atoms with Gasteiger partial charge in [-0.2, -0.15) is 0 Å². The van der Waals surface area contributed by atoms with Gasteiger partial charge in [0.05, 0.1) is 12.1 Å². The molecule has 1 saturated heterocycles. The van der Waals surface area contributed by atoms with Crippen LogP contribution >= 0.6 is 0 Å². The molecular weight excluding hydrogens is 224 g/mol. The van der Waals surface area contributed by atoms with Crippen molar-refractivity contribution < 1.29 is 4.74 Å². The van der Waals surface area contributed by atoms with Crippen LogP contribution in [0.25, 0.3) is 0 Å². The van der Waals surface area contributed by atoms with E-state index in [9.17, 15) is 0 Å². The van der Waals surface area contributed by atoms with E-state index >= 15 is 0 Å². The Morgan fingerprint density at radius 2 is 2.00 bits per heavy atom. The molecule has 2 rings (SSSR count). The quantitative estimate of drug-likeness (QED) is 0.886. The average Bonchev–Trinajstić information content (AvgIpc) is 2.83. The van der Waals surface area contributed by atoms with Gasteiger partial charge in [-0.1, -0.05) is 12.1 Å². The third-order valence-corrected chi connectivity index (χ3v) is 4.07. The molecule has 0 saturated carbocycles. The molecule has 3 nitrogen and oxygen atoms in total. The molecule has 1 N–H and O–H groups in total. The highest BCUT2D eigenvalue weighted by molar-refractivity contribution is 5.48. The van der Waals surface area contributed by atoms with E-state index < -0.39 is 0 Å². The molecule has 0 radical (unpaired) electrons. The Labute approximate surface area is 110 Å². The number of likely N-dealkylation sites (N-methyl/N-ethyl adjacent to an activating group) is 1. The Morgan fingerprint density at radius 3 is 2.50 bits per heavy atom. The first-order valence-corrected chi connectivity index (χ1v) is 6.75. The molecule has 3 atom stereocenters. The van der Waals surface area contributed by atoms with Crippen LogP contribution in [0.2, 0.25) is 0 Å². The van der Waals surface area contributed by atoms with Crippen LogP contribution in [0.15, 0.2) is 24.3 Å². The molecule has 0 amide bonds. The molecular formula is C15H24N2O. The number of nitrogens with zero attached hydrogens (tertiary/aromatic N) is 1. The van der Waals surface area contributed by atoms with Gasteiger partial charge in [0, 0.05) is 25.4 Å². The molecule has 18 heavy (non-hydrogen) atoms. The summed E-state index contributed by atoms with van der Waals surface area (Å²) in [4.78, 5) is 2.34. The summed E-state index contributed by atoms with van der Waals surface area (Å²) in [6.07, 6.45) is 1.44. The molecule has 1 aromatic carbocycles. The van der Waals surface area contributed by atoms with Gasteiger partial charge >= 0.3 is 0 Å². The van der Waals surface area contributed by atoms with Crippen LogP contribution in [-0.4, -0.2) is 32.8 Å². The third kappa shape index (κ3) is 2.68. The van der Waals surface area contributed by atoms with Gasteiger partial charge in [0.25, 0.3) is 0 Å². The van der Waals surface area contributed by atoms with Crippen molar-refractivity contribution in [2.45, 2.75) is 38.5 Å². The molecule has 3 heteroatoms. The fraction of sp³-hybridized carbons (Fsp3) is 0.600. The van der Waals surface area contributed by atoms with Crippen molar-refractivity contribution in [2.75, 3.05) is 25.6 Å². The van der Waals surface area contributed by atoms with Crippen molar-refractivity contribution in [3.05, 3.63) is 29.8 Å². The van der Waals surface area contributed by atoms with Crippen LogP contribution in [0.3, 0.4) is 0 Å². The van der Waals surface area contributed by atoms with Gasteiger partial charge in [-0.3, -0.25) is 0 Å². The standard InChI is InChI=1S/C15H24N2O/c1-11(16-3)13-5-7-14(8-6-13)17(4)15-9-10-18-12(15)2/h5-8,11-12,15-16H,9-10H2,1-4H3. The van der Waals surface area contributed by atoms with Gasteiger partial charge in [0.2, 0.25) is 0 Å². The van der Waals surface area contributed by atoms with E-state index in [-0.39, 0.29) is 0 Å². The zero-order valence-corrected chi connectivity index (χ0v) is 11.8. The molecule has 0 aromatic heterocycles. The summed E-state index contributed by atoms with van der Waals surface area (Å²) >= 11 is 0. The zero-order chi connectivity index (χ0) is 13.1. The van der Waals surface area contributed by atoms with Crippen molar-refractivity contribution in [1.82, 2.24) is 5.32 Å². The summed E-state index contributed by atoms with van der Waals surface area (Å²) in [5, 5.41) is 3.26. The lowest BCUT2D eigenvalue weighted by Crippen LogP contribution is -2.36. The molecule has 0 bridgehead atoms. The topological polar surface area (TPSA) is 24.5 Å². The molecule has 3 unspecified atom stereocenters. The van der Waals surface area contributed by atoms with Crippen LogP contribution in [0.5, 0.6) is 0 Å². The average molecular weight is 248 g/mol. The lowest BCUT2D eigenvalue weighted by atomic mass is 10.1. The lowest BCUT2D eigenvalue weighted by Gasteiger charge is -2.29. The molecule has 1 aliphatic heterocycles. The minimum absolute atomic E-state index is 0.325. The molecule has 1 heterocycles. The largest absolute Gasteiger partial charge is 0.376 e. The molecule has 1 aromatic rings. The number of anilines is 1. The van der Waals surface area contributed by atoms with Crippen LogP contribution in [0, 0.1) is 0 Å². The van der Waals surface area contributed by atoms with Gasteiger partial charge in [0.15, 0.2) is 0 Å². The Balaban J connectivity index is 2.09. The first-order valence-electron chi connectivity index (χ1n) is 6.75. The summed E-state index contributed by atoms with van der Waals surface area (Å²) in [6.45, 7) is 5.21. The van der Waals surface area contributed by atoms with E-state index in [1.54, 1.807) is 0 Å². The maximum Gasteiger partial charge on any atom is 0.0750 e. The van der Waals surface area contributed by atoms with Gasteiger partial charge in [-0.25, -0.2) is 0 Å². The number of benzene rings is 1. The van der Waals surface area contributed by atoms with Crippen LogP contribution in [-0.2, 0) is 4.74 Å². The van der Waals surface area contributed by atoms with E-state index in [1.165, 1.54) is 11.3 Å². The number of hydrogen-bond acceptors (Lipinski definition) is 3. The molecule has 1 fully saturated rings. The van der Waals surface area contributed by atoms with Crippen LogP contribution in [0.1, 0.15) is 31.9 Å². The Morgan fingerprint density at radius 1 is 1.33 bits per heavy atom. The monoisotopic (exact) mass is 248 g/mol. The molecule has 0 aliphatic carbocycles. The maximum atomic E-state index is 5.64. The summed E-state index contributed by atoms with van der Waals surface area (Å²) < 4.78 is 5.64. The molecule has 1 aliphatic rings. The van der Waals surface area contributed by atoms with Crippen molar-refractivity contribution in [1.29, 1.82) is 0 Å². The predicted octanol–water partition coefficient (Wildman–Crippen LogP) is 2.58.